The van der Waals surface area contributed by atoms with Crippen molar-refractivity contribution < 1.29 is 24.3 Å². The van der Waals surface area contributed by atoms with Crippen molar-refractivity contribution in [3.8, 4) is 0 Å². The highest BCUT2D eigenvalue weighted by molar-refractivity contribution is 6.39. The lowest BCUT2D eigenvalue weighted by Crippen LogP contribution is -2.51. The molecule has 2 rings (SSSR count). The number of aliphatic hydroxyl groups excluding tert-OH is 1. The Balaban J connectivity index is 2.11. The van der Waals surface area contributed by atoms with E-state index in [1.165, 1.54) is 0 Å². The maximum Gasteiger partial charge on any atom is 0.313 e. The van der Waals surface area contributed by atoms with Gasteiger partial charge in [0.2, 0.25) is 11.8 Å². The van der Waals surface area contributed by atoms with E-state index in [1.54, 1.807) is 24.3 Å². The first-order valence-electron chi connectivity index (χ1n) is 8.08. The van der Waals surface area contributed by atoms with Gasteiger partial charge < -0.3 is 15.7 Å². The van der Waals surface area contributed by atoms with E-state index >= 15 is 0 Å². The number of nitrogens with one attached hydrogen (secondary N) is 3. The molecule has 0 aromatic heterocycles. The minimum atomic E-state index is -0.840. The normalized spacial score (nSPS) is 19.9. The second-order valence-electron chi connectivity index (χ2n) is 5.82. The smallest absolute Gasteiger partial charge is 0.313 e. The standard InChI is InChI=1S/C17H21N3O5/c1-2-17(8-7-13(22)20-16(17)25)11-3-5-12(6-4-11)19-15(24)14(23)18-9-10-21/h3-6,21H,2,7-10H2,1H3,(H,18,23)(H,19,24)(H,20,22,25). The van der Waals surface area contributed by atoms with E-state index in [9.17, 15) is 19.2 Å². The molecule has 4 N–H and O–H groups in total. The molecule has 134 valence electrons. The zero-order valence-electron chi connectivity index (χ0n) is 13.9. The summed E-state index contributed by atoms with van der Waals surface area (Å²) in [6, 6.07) is 6.63. The Bertz CT molecular complexity index is 686. The topological polar surface area (TPSA) is 125 Å². The van der Waals surface area contributed by atoms with Gasteiger partial charge >= 0.3 is 11.8 Å². The predicted molar refractivity (Wildman–Crippen MR) is 89.5 cm³/mol. The van der Waals surface area contributed by atoms with E-state index in [0.29, 0.717) is 18.5 Å². The summed E-state index contributed by atoms with van der Waals surface area (Å²) in [5.41, 5.74) is 0.392. The van der Waals surface area contributed by atoms with Crippen molar-refractivity contribution in [3.05, 3.63) is 29.8 Å². The third-order valence-electron chi connectivity index (χ3n) is 4.37. The van der Waals surface area contributed by atoms with Gasteiger partial charge in [-0.05, 0) is 30.5 Å². The van der Waals surface area contributed by atoms with Crippen molar-refractivity contribution in [2.24, 2.45) is 0 Å². The third kappa shape index (κ3) is 4.03. The molecular formula is C17H21N3O5. The zero-order valence-corrected chi connectivity index (χ0v) is 13.9. The molecule has 0 bridgehead atoms. The highest BCUT2D eigenvalue weighted by Gasteiger charge is 2.42. The minimum Gasteiger partial charge on any atom is -0.395 e. The number of imide groups is 1. The molecule has 0 aliphatic carbocycles. The highest BCUT2D eigenvalue weighted by atomic mass is 16.3. The second kappa shape index (κ2) is 7.89. The first kappa shape index (κ1) is 18.6. The van der Waals surface area contributed by atoms with E-state index in [4.69, 9.17) is 5.11 Å². The Morgan fingerprint density at radius 2 is 1.88 bits per heavy atom. The average molecular weight is 347 g/mol. The summed E-state index contributed by atoms with van der Waals surface area (Å²) in [5.74, 6) is -2.26. The Labute approximate surface area is 145 Å². The van der Waals surface area contributed by atoms with Crippen LogP contribution in [0.4, 0.5) is 5.69 Å². The summed E-state index contributed by atoms with van der Waals surface area (Å²) < 4.78 is 0. The van der Waals surface area contributed by atoms with E-state index in [1.807, 2.05) is 6.92 Å². The van der Waals surface area contributed by atoms with Gasteiger partial charge in [0, 0.05) is 18.7 Å². The van der Waals surface area contributed by atoms with E-state index in [-0.39, 0.29) is 31.4 Å². The molecule has 1 atom stereocenters. The van der Waals surface area contributed by atoms with Crippen molar-refractivity contribution in [3.63, 3.8) is 0 Å². The van der Waals surface area contributed by atoms with E-state index in [0.717, 1.165) is 5.56 Å². The number of amides is 4. The van der Waals surface area contributed by atoms with Gasteiger partial charge in [-0.1, -0.05) is 19.1 Å². The molecule has 25 heavy (non-hydrogen) atoms. The maximum atomic E-state index is 12.3. The van der Waals surface area contributed by atoms with Crippen LogP contribution in [0.15, 0.2) is 24.3 Å². The fourth-order valence-corrected chi connectivity index (χ4v) is 2.88. The summed E-state index contributed by atoms with van der Waals surface area (Å²) in [7, 11) is 0. The lowest BCUT2D eigenvalue weighted by molar-refractivity contribution is -0.138. The van der Waals surface area contributed by atoms with Crippen molar-refractivity contribution in [1.29, 1.82) is 0 Å². The fraction of sp³-hybridized carbons (Fsp3) is 0.412. The number of carbonyl (C=O) groups is 4. The summed E-state index contributed by atoms with van der Waals surface area (Å²) in [6.07, 6.45) is 1.26. The monoisotopic (exact) mass is 347 g/mol. The van der Waals surface area contributed by atoms with Crippen molar-refractivity contribution in [2.75, 3.05) is 18.5 Å². The first-order valence-corrected chi connectivity index (χ1v) is 8.08. The van der Waals surface area contributed by atoms with Crippen LogP contribution in [0.2, 0.25) is 0 Å². The maximum absolute atomic E-state index is 12.3. The third-order valence-corrected chi connectivity index (χ3v) is 4.37. The minimum absolute atomic E-state index is 0.00194. The Morgan fingerprint density at radius 1 is 1.20 bits per heavy atom. The zero-order chi connectivity index (χ0) is 18.4. The van der Waals surface area contributed by atoms with Gasteiger partial charge in [-0.15, -0.1) is 0 Å². The van der Waals surface area contributed by atoms with Crippen molar-refractivity contribution >= 4 is 29.3 Å². The molecule has 1 fully saturated rings. The van der Waals surface area contributed by atoms with E-state index in [2.05, 4.69) is 16.0 Å². The first-order chi connectivity index (χ1) is 11.9. The van der Waals surface area contributed by atoms with Gasteiger partial charge in [0.25, 0.3) is 0 Å². The van der Waals surface area contributed by atoms with Crippen LogP contribution in [0, 0.1) is 0 Å². The van der Waals surface area contributed by atoms with Gasteiger partial charge in [0.1, 0.15) is 0 Å². The lowest BCUT2D eigenvalue weighted by Gasteiger charge is -2.35. The largest absolute Gasteiger partial charge is 0.395 e. The second-order valence-corrected chi connectivity index (χ2v) is 5.82. The van der Waals surface area contributed by atoms with Crippen molar-refractivity contribution in [1.82, 2.24) is 10.6 Å². The summed E-state index contributed by atoms with van der Waals surface area (Å²) in [4.78, 5) is 46.9. The molecule has 0 saturated carbocycles. The van der Waals surface area contributed by atoms with Crippen LogP contribution in [-0.4, -0.2) is 41.9 Å². The predicted octanol–water partition coefficient (Wildman–Crippen LogP) is -0.182. The van der Waals surface area contributed by atoms with Gasteiger partial charge in [-0.2, -0.15) is 0 Å². The SMILES string of the molecule is CCC1(c2ccc(NC(=O)C(=O)NCCO)cc2)CCC(=O)NC1=O. The molecule has 1 unspecified atom stereocenters. The molecule has 1 saturated heterocycles. The van der Waals surface area contributed by atoms with Gasteiger partial charge in [-0.25, -0.2) is 0 Å². The molecule has 1 aromatic rings. The number of hydrogen-bond donors (Lipinski definition) is 4. The number of rotatable bonds is 5. The Hall–Kier alpha value is -2.74. The number of hydrogen-bond acceptors (Lipinski definition) is 5. The molecule has 1 aliphatic heterocycles. The van der Waals surface area contributed by atoms with Crippen molar-refractivity contribution in [2.45, 2.75) is 31.6 Å². The number of carbonyl (C=O) groups excluding carboxylic acids is 4. The van der Waals surface area contributed by atoms with Gasteiger partial charge in [0.05, 0.1) is 12.0 Å². The molecular weight excluding hydrogens is 326 g/mol. The molecule has 1 aliphatic rings. The molecule has 8 nitrogen and oxygen atoms in total. The summed E-state index contributed by atoms with van der Waals surface area (Å²) in [6.45, 7) is 1.63. The molecule has 8 heteroatoms. The molecule has 0 spiro atoms. The van der Waals surface area contributed by atoms with Crippen LogP contribution in [0.1, 0.15) is 31.7 Å². The van der Waals surface area contributed by atoms with E-state index < -0.39 is 17.2 Å². The Kier molecular flexibility index (Phi) is 5.87. The summed E-state index contributed by atoms with van der Waals surface area (Å²) in [5, 5.41) is 15.7. The Morgan fingerprint density at radius 3 is 2.44 bits per heavy atom. The van der Waals surface area contributed by atoms with Crippen LogP contribution in [-0.2, 0) is 24.6 Å². The lowest BCUT2D eigenvalue weighted by atomic mass is 9.72. The number of benzene rings is 1. The molecule has 1 aromatic carbocycles. The van der Waals surface area contributed by atoms with Crippen LogP contribution in [0.25, 0.3) is 0 Å². The number of aliphatic hydroxyl groups is 1. The summed E-state index contributed by atoms with van der Waals surface area (Å²) >= 11 is 0. The van der Waals surface area contributed by atoms with Crippen LogP contribution in [0.5, 0.6) is 0 Å². The fourth-order valence-electron chi connectivity index (χ4n) is 2.88. The number of piperidine rings is 1. The number of anilines is 1. The van der Waals surface area contributed by atoms with Crippen LogP contribution < -0.4 is 16.0 Å². The van der Waals surface area contributed by atoms with Gasteiger partial charge in [0.15, 0.2) is 0 Å². The molecule has 1 heterocycles. The molecule has 0 radical (unpaired) electrons. The highest BCUT2D eigenvalue weighted by Crippen LogP contribution is 2.36. The quantitative estimate of drug-likeness (QED) is 0.434. The molecule has 4 amide bonds. The average Bonchev–Trinajstić information content (AvgIpc) is 2.61. The van der Waals surface area contributed by atoms with Gasteiger partial charge in [-0.3, -0.25) is 24.5 Å². The van der Waals surface area contributed by atoms with Crippen LogP contribution in [0.3, 0.4) is 0 Å². The van der Waals surface area contributed by atoms with Crippen LogP contribution >= 0.6 is 0 Å².